The molecule has 0 saturated heterocycles. The van der Waals surface area contributed by atoms with E-state index in [1.165, 1.54) is 24.5 Å². The van der Waals surface area contributed by atoms with Gasteiger partial charge in [-0.25, -0.2) is 8.42 Å². The van der Waals surface area contributed by atoms with E-state index in [1.807, 2.05) is 6.92 Å². The molecule has 0 atom stereocenters. The number of carbonyl (C=O) groups is 1. The molecule has 2 aromatic rings. The Bertz CT molecular complexity index is 779. The number of nitrogens with one attached hydrogen (secondary N) is 2. The van der Waals surface area contributed by atoms with E-state index >= 15 is 0 Å². The highest BCUT2D eigenvalue weighted by atomic mass is 32.2. The van der Waals surface area contributed by atoms with Crippen molar-refractivity contribution in [2.75, 3.05) is 11.8 Å². The Morgan fingerprint density at radius 1 is 1.19 bits per heavy atom. The van der Waals surface area contributed by atoms with Crippen LogP contribution in [-0.2, 0) is 10.0 Å². The van der Waals surface area contributed by atoms with Gasteiger partial charge in [0.1, 0.15) is 4.90 Å². The van der Waals surface area contributed by atoms with Crippen LogP contribution < -0.4 is 10.0 Å². The van der Waals surface area contributed by atoms with Crippen molar-refractivity contribution in [3.8, 4) is 0 Å². The first-order chi connectivity index (χ1) is 9.83. The molecular formula is C14H16N2O3S2. The van der Waals surface area contributed by atoms with Gasteiger partial charge in [0.15, 0.2) is 0 Å². The zero-order valence-corrected chi connectivity index (χ0v) is 13.6. The Morgan fingerprint density at radius 3 is 2.48 bits per heavy atom. The lowest BCUT2D eigenvalue weighted by Crippen LogP contribution is -2.18. The van der Waals surface area contributed by atoms with Crippen molar-refractivity contribution in [3.63, 3.8) is 0 Å². The molecule has 2 N–H and O–H groups in total. The maximum absolute atomic E-state index is 12.4. The highest BCUT2D eigenvalue weighted by Crippen LogP contribution is 2.26. The van der Waals surface area contributed by atoms with Gasteiger partial charge in [0.2, 0.25) is 0 Å². The summed E-state index contributed by atoms with van der Waals surface area (Å²) in [7, 11) is -2.12. The van der Waals surface area contributed by atoms with Gasteiger partial charge in [0, 0.05) is 28.1 Å². The van der Waals surface area contributed by atoms with Gasteiger partial charge in [-0.15, -0.1) is 11.3 Å². The number of benzene rings is 1. The third-order valence-electron chi connectivity index (χ3n) is 2.89. The van der Waals surface area contributed by atoms with Crippen LogP contribution >= 0.6 is 11.3 Å². The molecule has 1 aromatic heterocycles. The Hall–Kier alpha value is -1.86. The quantitative estimate of drug-likeness (QED) is 0.907. The van der Waals surface area contributed by atoms with Crippen LogP contribution in [0.25, 0.3) is 0 Å². The van der Waals surface area contributed by atoms with E-state index in [0.29, 0.717) is 11.3 Å². The summed E-state index contributed by atoms with van der Waals surface area (Å²) in [4.78, 5) is 13.5. The normalized spacial score (nSPS) is 11.2. The lowest BCUT2D eigenvalue weighted by molar-refractivity contribution is 0.0963. The molecule has 0 bridgehead atoms. The summed E-state index contributed by atoms with van der Waals surface area (Å²) in [5.41, 5.74) is 0.760. The van der Waals surface area contributed by atoms with E-state index in [9.17, 15) is 13.2 Å². The molecule has 0 fully saturated rings. The van der Waals surface area contributed by atoms with E-state index in [4.69, 9.17) is 0 Å². The summed E-state index contributed by atoms with van der Waals surface area (Å²) in [5.74, 6) is -0.265. The molecule has 0 aliphatic heterocycles. The Balaban J connectivity index is 2.33. The number of rotatable bonds is 4. The summed E-state index contributed by atoms with van der Waals surface area (Å²) < 4.78 is 27.3. The molecular weight excluding hydrogens is 308 g/mol. The van der Waals surface area contributed by atoms with Gasteiger partial charge in [-0.3, -0.25) is 9.52 Å². The summed E-state index contributed by atoms with van der Waals surface area (Å²) in [6.45, 7) is 3.63. The number of anilines is 1. The van der Waals surface area contributed by atoms with Gasteiger partial charge < -0.3 is 5.32 Å². The zero-order chi connectivity index (χ0) is 15.6. The summed E-state index contributed by atoms with van der Waals surface area (Å²) >= 11 is 1.44. The molecule has 0 radical (unpaired) electrons. The van der Waals surface area contributed by atoms with Gasteiger partial charge in [0.25, 0.3) is 15.9 Å². The minimum Gasteiger partial charge on any atom is -0.355 e. The van der Waals surface area contributed by atoms with Crippen LogP contribution in [-0.4, -0.2) is 21.4 Å². The molecule has 0 aliphatic rings. The van der Waals surface area contributed by atoms with Crippen LogP contribution in [0.5, 0.6) is 0 Å². The Labute approximate surface area is 128 Å². The van der Waals surface area contributed by atoms with Gasteiger partial charge in [-0.05, 0) is 38.1 Å². The molecule has 1 amide bonds. The first kappa shape index (κ1) is 15.5. The molecule has 0 unspecified atom stereocenters. The van der Waals surface area contributed by atoms with E-state index in [1.54, 1.807) is 31.2 Å². The van der Waals surface area contributed by atoms with Gasteiger partial charge in [-0.2, -0.15) is 0 Å². The number of amides is 1. The molecule has 21 heavy (non-hydrogen) atoms. The molecule has 2 rings (SSSR count). The van der Waals surface area contributed by atoms with Crippen molar-refractivity contribution in [3.05, 3.63) is 45.6 Å². The van der Waals surface area contributed by atoms with Crippen LogP contribution in [0.15, 0.2) is 35.2 Å². The number of hydrogen-bond donors (Lipinski definition) is 2. The number of aryl methyl sites for hydroxylation is 2. The van der Waals surface area contributed by atoms with Crippen LogP contribution in [0.1, 0.15) is 20.1 Å². The van der Waals surface area contributed by atoms with Crippen molar-refractivity contribution < 1.29 is 13.2 Å². The molecule has 1 aromatic carbocycles. The second-order valence-electron chi connectivity index (χ2n) is 4.54. The molecule has 0 saturated carbocycles. The van der Waals surface area contributed by atoms with E-state index in [2.05, 4.69) is 10.0 Å². The Kier molecular flexibility index (Phi) is 4.34. The highest BCUT2D eigenvalue weighted by molar-refractivity contribution is 7.93. The van der Waals surface area contributed by atoms with Gasteiger partial charge in [0.05, 0.1) is 0 Å². The van der Waals surface area contributed by atoms with Gasteiger partial charge >= 0.3 is 0 Å². The minimum absolute atomic E-state index is 0.265. The SMILES string of the molecule is CNC(=O)c1cccc(NS(=O)(=O)c2cc(C)sc2C)c1. The topological polar surface area (TPSA) is 75.3 Å². The average molecular weight is 324 g/mol. The lowest BCUT2D eigenvalue weighted by Gasteiger charge is -2.09. The first-order valence-corrected chi connectivity index (χ1v) is 8.55. The zero-order valence-electron chi connectivity index (χ0n) is 11.9. The molecule has 7 heteroatoms. The molecule has 1 heterocycles. The van der Waals surface area contributed by atoms with Crippen molar-refractivity contribution >= 4 is 33.0 Å². The molecule has 5 nitrogen and oxygen atoms in total. The average Bonchev–Trinajstić information content (AvgIpc) is 2.77. The maximum Gasteiger partial charge on any atom is 0.262 e. The van der Waals surface area contributed by atoms with Crippen molar-refractivity contribution in [1.29, 1.82) is 0 Å². The monoisotopic (exact) mass is 324 g/mol. The fourth-order valence-corrected chi connectivity index (χ4v) is 4.56. The number of thiophene rings is 1. The second kappa shape index (κ2) is 5.87. The summed E-state index contributed by atoms with van der Waals surface area (Å²) in [6, 6.07) is 8.01. The number of carbonyl (C=O) groups excluding carboxylic acids is 1. The van der Waals surface area contributed by atoms with Crippen LogP contribution in [0.3, 0.4) is 0 Å². The molecule has 112 valence electrons. The highest BCUT2D eigenvalue weighted by Gasteiger charge is 2.19. The van der Waals surface area contributed by atoms with Crippen molar-refractivity contribution in [2.24, 2.45) is 0 Å². The van der Waals surface area contributed by atoms with Crippen LogP contribution in [0.2, 0.25) is 0 Å². The van der Waals surface area contributed by atoms with E-state index < -0.39 is 10.0 Å². The van der Waals surface area contributed by atoms with Crippen LogP contribution in [0.4, 0.5) is 5.69 Å². The second-order valence-corrected chi connectivity index (χ2v) is 7.65. The standard InChI is InChI=1S/C14H16N2O3S2/c1-9-7-13(10(2)20-9)21(18,19)16-12-6-4-5-11(8-12)14(17)15-3/h4-8,16H,1-3H3,(H,15,17). The summed E-state index contributed by atoms with van der Waals surface area (Å²) in [6.07, 6.45) is 0. The predicted molar refractivity (Wildman–Crippen MR) is 84.4 cm³/mol. The number of sulfonamides is 1. The van der Waals surface area contributed by atoms with E-state index in [-0.39, 0.29) is 10.8 Å². The smallest absolute Gasteiger partial charge is 0.262 e. The van der Waals surface area contributed by atoms with Crippen molar-refractivity contribution in [2.45, 2.75) is 18.7 Å². The fraction of sp³-hybridized carbons (Fsp3) is 0.214. The minimum atomic E-state index is -3.64. The largest absolute Gasteiger partial charge is 0.355 e. The maximum atomic E-state index is 12.4. The fourth-order valence-electron chi connectivity index (χ4n) is 1.95. The van der Waals surface area contributed by atoms with Crippen LogP contribution in [0, 0.1) is 13.8 Å². The first-order valence-electron chi connectivity index (χ1n) is 6.25. The predicted octanol–water partition coefficient (Wildman–Crippen LogP) is 2.53. The van der Waals surface area contributed by atoms with Crippen molar-refractivity contribution in [1.82, 2.24) is 5.32 Å². The Morgan fingerprint density at radius 2 is 1.90 bits per heavy atom. The lowest BCUT2D eigenvalue weighted by atomic mass is 10.2. The summed E-state index contributed by atoms with van der Waals surface area (Å²) in [5, 5.41) is 2.50. The molecule has 0 spiro atoms. The van der Waals surface area contributed by atoms with Gasteiger partial charge in [-0.1, -0.05) is 6.07 Å². The third kappa shape index (κ3) is 3.43. The molecule has 0 aliphatic carbocycles. The number of hydrogen-bond acceptors (Lipinski definition) is 4. The van der Waals surface area contributed by atoms with E-state index in [0.717, 1.165) is 9.75 Å². The third-order valence-corrected chi connectivity index (χ3v) is 5.49.